The minimum atomic E-state index is -0.921. The van der Waals surface area contributed by atoms with Crippen molar-refractivity contribution in [3.8, 4) is 5.75 Å². The van der Waals surface area contributed by atoms with E-state index in [9.17, 15) is 19.1 Å². The first kappa shape index (κ1) is 17.1. The molecule has 0 spiro atoms. The molecule has 1 aromatic rings. The highest BCUT2D eigenvalue weighted by Crippen LogP contribution is 2.19. The third-order valence-electron chi connectivity index (χ3n) is 3.32. The average molecular weight is 297 g/mol. The van der Waals surface area contributed by atoms with E-state index in [4.69, 9.17) is 5.73 Å². The van der Waals surface area contributed by atoms with Crippen LogP contribution < -0.4 is 10.5 Å². The number of halogens is 1. The molecule has 0 bridgehead atoms. The number of alkyl halides is 1. The maximum absolute atomic E-state index is 12.0. The summed E-state index contributed by atoms with van der Waals surface area (Å²) in [6.45, 7) is 0.490. The standard InChI is InChI=1S/C15H20FNO4/c1-10(18)14(17)7-4-12(15(19)20)8-11-2-5-13(6-3-11)21-9-16/h2-3,5-6,12,14H,4,7-9,17H2,1H3,(H,19,20)/t12?,14-/m0/s1. The SMILES string of the molecule is CC(=O)[C@@H](N)CCC(Cc1ccc(OCF)cc1)C(=O)O. The van der Waals surface area contributed by atoms with Gasteiger partial charge in [-0.25, -0.2) is 4.39 Å². The number of nitrogens with two attached hydrogens (primary N) is 1. The van der Waals surface area contributed by atoms with Gasteiger partial charge < -0.3 is 15.6 Å². The first-order chi connectivity index (χ1) is 9.93. The van der Waals surface area contributed by atoms with Gasteiger partial charge >= 0.3 is 5.97 Å². The Kier molecular flexibility index (Phi) is 6.81. The first-order valence-electron chi connectivity index (χ1n) is 6.70. The lowest BCUT2D eigenvalue weighted by Crippen LogP contribution is -2.30. The zero-order valence-electron chi connectivity index (χ0n) is 11.9. The van der Waals surface area contributed by atoms with Gasteiger partial charge in [0.25, 0.3) is 0 Å². The number of carbonyl (C=O) groups is 2. The largest absolute Gasteiger partial charge is 0.481 e. The van der Waals surface area contributed by atoms with Crippen LogP contribution in [-0.4, -0.2) is 29.8 Å². The molecule has 0 heterocycles. The molecule has 0 fully saturated rings. The number of carboxylic acid groups (broad SMARTS) is 1. The molecular weight excluding hydrogens is 277 g/mol. The Morgan fingerprint density at radius 3 is 2.38 bits per heavy atom. The van der Waals surface area contributed by atoms with E-state index in [-0.39, 0.29) is 5.78 Å². The summed E-state index contributed by atoms with van der Waals surface area (Å²) in [5.74, 6) is -1.28. The molecule has 0 aliphatic heterocycles. The Hall–Kier alpha value is -1.95. The number of aliphatic carboxylic acids is 1. The molecule has 1 rings (SSSR count). The lowest BCUT2D eigenvalue weighted by molar-refractivity contribution is -0.142. The van der Waals surface area contributed by atoms with Gasteiger partial charge in [-0.1, -0.05) is 12.1 Å². The van der Waals surface area contributed by atoms with Crippen molar-refractivity contribution in [1.82, 2.24) is 0 Å². The van der Waals surface area contributed by atoms with E-state index < -0.39 is 24.8 Å². The highest BCUT2D eigenvalue weighted by molar-refractivity contribution is 5.81. The Morgan fingerprint density at radius 1 is 1.29 bits per heavy atom. The van der Waals surface area contributed by atoms with Crippen molar-refractivity contribution in [1.29, 1.82) is 0 Å². The third kappa shape index (κ3) is 5.91. The molecule has 116 valence electrons. The van der Waals surface area contributed by atoms with Crippen molar-refractivity contribution in [3.63, 3.8) is 0 Å². The van der Waals surface area contributed by atoms with Crippen molar-refractivity contribution in [2.45, 2.75) is 32.2 Å². The molecule has 2 atom stereocenters. The summed E-state index contributed by atoms with van der Waals surface area (Å²) >= 11 is 0. The number of carbonyl (C=O) groups excluding carboxylic acids is 1. The second-order valence-corrected chi connectivity index (χ2v) is 4.93. The zero-order chi connectivity index (χ0) is 15.8. The molecule has 3 N–H and O–H groups in total. The van der Waals surface area contributed by atoms with Crippen LogP contribution in [0.15, 0.2) is 24.3 Å². The van der Waals surface area contributed by atoms with E-state index >= 15 is 0 Å². The van der Waals surface area contributed by atoms with Gasteiger partial charge in [-0.2, -0.15) is 0 Å². The summed E-state index contributed by atoms with van der Waals surface area (Å²) < 4.78 is 16.7. The van der Waals surface area contributed by atoms with Crippen molar-refractivity contribution in [2.75, 3.05) is 6.86 Å². The Labute approximate surface area is 122 Å². The lowest BCUT2D eigenvalue weighted by Gasteiger charge is -2.14. The minimum Gasteiger partial charge on any atom is -0.481 e. The van der Waals surface area contributed by atoms with Crippen LogP contribution in [0.25, 0.3) is 0 Å². The highest BCUT2D eigenvalue weighted by atomic mass is 19.1. The summed E-state index contributed by atoms with van der Waals surface area (Å²) in [6.07, 6.45) is 1.00. The molecule has 6 heteroatoms. The Bertz CT molecular complexity index is 475. The van der Waals surface area contributed by atoms with Crippen LogP contribution in [-0.2, 0) is 16.0 Å². The van der Waals surface area contributed by atoms with Crippen molar-refractivity contribution in [2.24, 2.45) is 11.7 Å². The van der Waals surface area contributed by atoms with Gasteiger partial charge in [0.2, 0.25) is 6.86 Å². The van der Waals surface area contributed by atoms with Crippen LogP contribution in [0.3, 0.4) is 0 Å². The first-order valence-corrected chi connectivity index (χ1v) is 6.70. The molecule has 0 aliphatic rings. The molecular formula is C15H20FNO4. The van der Waals surface area contributed by atoms with Gasteiger partial charge in [-0.15, -0.1) is 0 Å². The number of benzene rings is 1. The van der Waals surface area contributed by atoms with Crippen molar-refractivity contribution < 1.29 is 23.8 Å². The summed E-state index contributed by atoms with van der Waals surface area (Å²) in [5, 5.41) is 9.22. The van der Waals surface area contributed by atoms with Crippen LogP contribution in [0.2, 0.25) is 0 Å². The van der Waals surface area contributed by atoms with Gasteiger partial charge in [-0.05, 0) is 43.9 Å². The molecule has 0 radical (unpaired) electrons. The molecule has 0 aliphatic carbocycles. The lowest BCUT2D eigenvalue weighted by atomic mass is 9.92. The van der Waals surface area contributed by atoms with Crippen LogP contribution in [0.1, 0.15) is 25.3 Å². The molecule has 1 unspecified atom stereocenters. The van der Waals surface area contributed by atoms with E-state index in [2.05, 4.69) is 4.74 Å². The van der Waals surface area contributed by atoms with Crippen molar-refractivity contribution in [3.05, 3.63) is 29.8 Å². The van der Waals surface area contributed by atoms with Crippen LogP contribution in [0.5, 0.6) is 5.75 Å². The van der Waals surface area contributed by atoms with Gasteiger partial charge in [0, 0.05) is 0 Å². The number of ketones is 1. The topological polar surface area (TPSA) is 89.6 Å². The van der Waals surface area contributed by atoms with E-state index in [1.54, 1.807) is 24.3 Å². The van der Waals surface area contributed by atoms with Crippen LogP contribution >= 0.6 is 0 Å². The fourth-order valence-electron chi connectivity index (χ4n) is 1.97. The number of hydrogen-bond donors (Lipinski definition) is 2. The quantitative estimate of drug-likeness (QED) is 0.727. The zero-order valence-corrected chi connectivity index (χ0v) is 11.9. The summed E-state index contributed by atoms with van der Waals surface area (Å²) in [6, 6.07) is 5.97. The van der Waals surface area contributed by atoms with E-state index in [0.717, 1.165) is 5.56 Å². The maximum Gasteiger partial charge on any atom is 0.306 e. The molecule has 0 saturated heterocycles. The number of rotatable bonds is 9. The summed E-state index contributed by atoms with van der Waals surface area (Å²) in [7, 11) is 0. The smallest absolute Gasteiger partial charge is 0.306 e. The van der Waals surface area contributed by atoms with Gasteiger partial charge in [0.15, 0.2) is 0 Å². The maximum atomic E-state index is 12.0. The Morgan fingerprint density at radius 2 is 1.90 bits per heavy atom. The number of hydrogen-bond acceptors (Lipinski definition) is 4. The molecule has 0 amide bonds. The van der Waals surface area contributed by atoms with Crippen molar-refractivity contribution >= 4 is 11.8 Å². The highest BCUT2D eigenvalue weighted by Gasteiger charge is 2.20. The van der Waals surface area contributed by atoms with E-state index in [1.807, 2.05) is 0 Å². The Balaban J connectivity index is 2.61. The van der Waals surface area contributed by atoms with Gasteiger partial charge in [0.1, 0.15) is 11.5 Å². The van der Waals surface area contributed by atoms with Gasteiger partial charge in [-0.3, -0.25) is 9.59 Å². The van der Waals surface area contributed by atoms with Crippen LogP contribution in [0.4, 0.5) is 4.39 Å². The monoisotopic (exact) mass is 297 g/mol. The minimum absolute atomic E-state index is 0.146. The third-order valence-corrected chi connectivity index (χ3v) is 3.32. The summed E-state index contributed by atoms with van der Waals surface area (Å²) in [5.41, 5.74) is 6.43. The van der Waals surface area contributed by atoms with E-state index in [0.29, 0.717) is 25.0 Å². The van der Waals surface area contributed by atoms with E-state index in [1.165, 1.54) is 6.92 Å². The molecule has 1 aromatic carbocycles. The molecule has 0 saturated carbocycles. The number of Topliss-reactive ketones (excluding diaryl/α,β-unsaturated/α-hetero) is 1. The normalized spacial score (nSPS) is 13.5. The molecule has 0 aromatic heterocycles. The molecule has 5 nitrogen and oxygen atoms in total. The fraction of sp³-hybridized carbons (Fsp3) is 0.467. The predicted octanol–water partition coefficient (Wildman–Crippen LogP) is 1.93. The molecule has 21 heavy (non-hydrogen) atoms. The second kappa shape index (κ2) is 8.36. The average Bonchev–Trinajstić information content (AvgIpc) is 2.44. The van der Waals surface area contributed by atoms with Crippen LogP contribution in [0, 0.1) is 5.92 Å². The van der Waals surface area contributed by atoms with Gasteiger partial charge in [0.05, 0.1) is 12.0 Å². The second-order valence-electron chi connectivity index (χ2n) is 4.93. The predicted molar refractivity (Wildman–Crippen MR) is 75.8 cm³/mol. The fourth-order valence-corrected chi connectivity index (χ4v) is 1.97. The number of carboxylic acids is 1. The summed E-state index contributed by atoms with van der Waals surface area (Å²) in [4.78, 5) is 22.3. The number of ether oxygens (including phenoxy) is 1.